The molecule has 9 heteroatoms. The third-order valence-electron chi connectivity index (χ3n) is 2.93. The van der Waals surface area contributed by atoms with Gasteiger partial charge in [-0.2, -0.15) is 4.98 Å². The molecule has 21 heavy (non-hydrogen) atoms. The van der Waals surface area contributed by atoms with E-state index in [1.807, 2.05) is 0 Å². The molecule has 1 aromatic rings. The van der Waals surface area contributed by atoms with E-state index in [4.69, 9.17) is 15.6 Å². The number of carboxylic acids is 1. The van der Waals surface area contributed by atoms with Crippen molar-refractivity contribution < 1.29 is 19.4 Å². The first-order valence-corrected chi connectivity index (χ1v) is 6.59. The van der Waals surface area contributed by atoms with Gasteiger partial charge in [0.15, 0.2) is 0 Å². The molecule has 0 fully saturated rings. The van der Waals surface area contributed by atoms with Crippen LogP contribution in [0.3, 0.4) is 0 Å². The van der Waals surface area contributed by atoms with Crippen LogP contribution in [0.5, 0.6) is 0 Å². The molecule has 116 valence electrons. The number of carbonyl (C=O) groups is 2. The van der Waals surface area contributed by atoms with Crippen molar-refractivity contribution >= 4 is 18.0 Å². The number of carbonyl (C=O) groups excluding carboxylic acids is 1. The Balaban J connectivity index is 2.10. The molecule has 2 rings (SSSR count). The topological polar surface area (TPSA) is 132 Å². The molecule has 2 unspecified atom stereocenters. The Morgan fingerprint density at radius 2 is 2.14 bits per heavy atom. The van der Waals surface area contributed by atoms with Crippen LogP contribution in [0.2, 0.25) is 0 Å². The lowest BCUT2D eigenvalue weighted by atomic mass is 9.97. The monoisotopic (exact) mass is 297 g/mol. The van der Waals surface area contributed by atoms with Gasteiger partial charge >= 0.3 is 12.1 Å². The highest BCUT2D eigenvalue weighted by Gasteiger charge is 2.32. The number of hydrogen-bond acceptors (Lipinski definition) is 6. The summed E-state index contributed by atoms with van der Waals surface area (Å²) in [4.78, 5) is 26.8. The van der Waals surface area contributed by atoms with Crippen LogP contribution < -0.4 is 11.1 Å². The van der Waals surface area contributed by atoms with E-state index in [0.29, 0.717) is 12.2 Å². The average molecular weight is 297 g/mol. The average Bonchev–Trinajstić information content (AvgIpc) is 2.68. The van der Waals surface area contributed by atoms with E-state index in [2.05, 4.69) is 15.4 Å². The second-order valence-corrected chi connectivity index (χ2v) is 5.98. The number of hydrogen-bond donors (Lipinski definition) is 3. The number of aliphatic carboxylic acids is 1. The van der Waals surface area contributed by atoms with E-state index >= 15 is 0 Å². The minimum Gasteiger partial charge on any atom is -0.481 e. The smallest absolute Gasteiger partial charge is 0.414 e. The SMILES string of the molecule is CC(C)(C)OC(=O)Nc1nc2n(n1)CC(C(=O)O)CC2N. The number of nitrogens with zero attached hydrogens (tertiary/aromatic N) is 3. The molecule has 9 nitrogen and oxygen atoms in total. The summed E-state index contributed by atoms with van der Waals surface area (Å²) >= 11 is 0. The molecule has 1 amide bonds. The van der Waals surface area contributed by atoms with Gasteiger partial charge in [-0.3, -0.25) is 10.1 Å². The van der Waals surface area contributed by atoms with Gasteiger partial charge in [0.05, 0.1) is 18.5 Å². The maximum absolute atomic E-state index is 11.6. The van der Waals surface area contributed by atoms with Crippen LogP contribution in [-0.2, 0) is 16.1 Å². The summed E-state index contributed by atoms with van der Waals surface area (Å²) in [5.74, 6) is -1.02. The second-order valence-electron chi connectivity index (χ2n) is 5.98. The second kappa shape index (κ2) is 5.32. The number of nitrogens with one attached hydrogen (secondary N) is 1. The maximum Gasteiger partial charge on any atom is 0.414 e. The minimum absolute atomic E-state index is 0.0562. The van der Waals surface area contributed by atoms with Crippen molar-refractivity contribution in [1.82, 2.24) is 14.8 Å². The third-order valence-corrected chi connectivity index (χ3v) is 2.93. The number of rotatable bonds is 2. The summed E-state index contributed by atoms with van der Waals surface area (Å²) in [5.41, 5.74) is 5.26. The van der Waals surface area contributed by atoms with E-state index in [0.717, 1.165) is 0 Å². The molecule has 2 heterocycles. The first kappa shape index (κ1) is 15.2. The van der Waals surface area contributed by atoms with Crippen LogP contribution in [0, 0.1) is 5.92 Å². The van der Waals surface area contributed by atoms with Gasteiger partial charge in [0, 0.05) is 0 Å². The Kier molecular flexibility index (Phi) is 3.86. The van der Waals surface area contributed by atoms with E-state index in [-0.39, 0.29) is 12.5 Å². The highest BCUT2D eigenvalue weighted by molar-refractivity contribution is 5.82. The Morgan fingerprint density at radius 3 is 2.71 bits per heavy atom. The molecule has 0 saturated carbocycles. The fourth-order valence-corrected chi connectivity index (χ4v) is 2.08. The summed E-state index contributed by atoms with van der Waals surface area (Å²) in [6.07, 6.45) is -0.381. The zero-order valence-corrected chi connectivity index (χ0v) is 12.2. The van der Waals surface area contributed by atoms with Gasteiger partial charge in [0.2, 0.25) is 0 Å². The van der Waals surface area contributed by atoms with Gasteiger partial charge in [-0.15, -0.1) is 5.10 Å². The fraction of sp³-hybridized carbons (Fsp3) is 0.667. The molecule has 0 bridgehead atoms. The molecule has 0 aromatic carbocycles. The minimum atomic E-state index is -0.923. The fourth-order valence-electron chi connectivity index (χ4n) is 2.08. The van der Waals surface area contributed by atoms with Gasteiger partial charge in [-0.05, 0) is 27.2 Å². The zero-order chi connectivity index (χ0) is 15.8. The third kappa shape index (κ3) is 3.69. The quantitative estimate of drug-likeness (QED) is 0.732. The summed E-state index contributed by atoms with van der Waals surface area (Å²) < 4.78 is 6.51. The van der Waals surface area contributed by atoms with Crippen LogP contribution >= 0.6 is 0 Å². The van der Waals surface area contributed by atoms with Crippen molar-refractivity contribution in [2.75, 3.05) is 5.32 Å². The standard InChI is InChI=1S/C12H19N5O4/c1-12(2,3)21-11(20)15-10-14-8-7(13)4-6(9(18)19)5-17(8)16-10/h6-7H,4-5,13H2,1-3H3,(H,18,19)(H,15,16,20). The van der Waals surface area contributed by atoms with Crippen LogP contribution in [-0.4, -0.2) is 37.5 Å². The number of amides is 1. The molecule has 4 N–H and O–H groups in total. The van der Waals surface area contributed by atoms with Crippen LogP contribution in [0.4, 0.5) is 10.7 Å². The summed E-state index contributed by atoms with van der Waals surface area (Å²) in [6, 6.07) is -0.526. The Morgan fingerprint density at radius 1 is 1.48 bits per heavy atom. The van der Waals surface area contributed by atoms with Crippen molar-refractivity contribution in [3.8, 4) is 0 Å². The zero-order valence-electron chi connectivity index (χ0n) is 12.2. The van der Waals surface area contributed by atoms with Gasteiger partial charge in [0.25, 0.3) is 5.95 Å². The predicted octanol–water partition coefficient (Wildman–Crippen LogP) is 0.729. The van der Waals surface area contributed by atoms with Crippen LogP contribution in [0.25, 0.3) is 0 Å². The number of ether oxygens (including phenoxy) is 1. The first-order chi connectivity index (χ1) is 9.65. The Labute approximate surface area is 121 Å². The predicted molar refractivity (Wildman–Crippen MR) is 72.5 cm³/mol. The lowest BCUT2D eigenvalue weighted by Gasteiger charge is -2.23. The van der Waals surface area contributed by atoms with Crippen molar-refractivity contribution in [2.24, 2.45) is 11.7 Å². The molecule has 0 spiro atoms. The number of fused-ring (bicyclic) bond motifs is 1. The van der Waals surface area contributed by atoms with Gasteiger partial charge in [-0.25, -0.2) is 9.48 Å². The van der Waals surface area contributed by atoms with E-state index < -0.39 is 29.6 Å². The van der Waals surface area contributed by atoms with Gasteiger partial charge in [0.1, 0.15) is 11.4 Å². The molecule has 0 radical (unpaired) electrons. The molecule has 1 aliphatic rings. The Bertz CT molecular complexity index is 562. The van der Waals surface area contributed by atoms with Gasteiger partial charge in [-0.1, -0.05) is 0 Å². The van der Waals surface area contributed by atoms with Crippen molar-refractivity contribution in [2.45, 2.75) is 45.4 Å². The first-order valence-electron chi connectivity index (χ1n) is 6.59. The van der Waals surface area contributed by atoms with E-state index in [1.54, 1.807) is 20.8 Å². The molecular weight excluding hydrogens is 278 g/mol. The molecule has 1 aromatic heterocycles. The molecule has 1 aliphatic heterocycles. The van der Waals surface area contributed by atoms with E-state index in [9.17, 15) is 9.59 Å². The van der Waals surface area contributed by atoms with Crippen LogP contribution in [0.15, 0.2) is 0 Å². The molecule has 0 saturated heterocycles. The van der Waals surface area contributed by atoms with Crippen molar-refractivity contribution in [3.63, 3.8) is 0 Å². The lowest BCUT2D eigenvalue weighted by molar-refractivity contribution is -0.143. The summed E-state index contributed by atoms with van der Waals surface area (Å²) in [6.45, 7) is 5.41. The largest absolute Gasteiger partial charge is 0.481 e. The van der Waals surface area contributed by atoms with E-state index in [1.165, 1.54) is 4.68 Å². The number of carboxylic acid groups (broad SMARTS) is 1. The van der Waals surface area contributed by atoms with Crippen molar-refractivity contribution in [1.29, 1.82) is 0 Å². The highest BCUT2D eigenvalue weighted by atomic mass is 16.6. The summed E-state index contributed by atoms with van der Waals surface area (Å²) in [5, 5.41) is 15.5. The number of nitrogens with two attached hydrogens (primary N) is 1. The highest BCUT2D eigenvalue weighted by Crippen LogP contribution is 2.26. The number of aromatic nitrogens is 3. The molecule has 2 atom stereocenters. The molecule has 0 aliphatic carbocycles. The Hall–Kier alpha value is -2.16. The summed E-state index contributed by atoms with van der Waals surface area (Å²) in [7, 11) is 0. The lowest BCUT2D eigenvalue weighted by Crippen LogP contribution is -2.33. The number of anilines is 1. The molecular formula is C12H19N5O4. The van der Waals surface area contributed by atoms with Crippen molar-refractivity contribution in [3.05, 3.63) is 5.82 Å². The maximum atomic E-state index is 11.6. The van der Waals surface area contributed by atoms with Gasteiger partial charge < -0.3 is 15.6 Å². The van der Waals surface area contributed by atoms with Crippen LogP contribution in [0.1, 0.15) is 39.1 Å². The normalized spacial score (nSPS) is 21.5.